The van der Waals surface area contributed by atoms with E-state index in [0.29, 0.717) is 5.69 Å². The number of nitrogens with zero attached hydrogens (tertiary/aromatic N) is 5. The normalized spacial score (nSPS) is 15.2. The van der Waals surface area contributed by atoms with Crippen molar-refractivity contribution in [2.24, 2.45) is 0 Å². The highest BCUT2D eigenvalue weighted by molar-refractivity contribution is 5.93. The van der Waals surface area contributed by atoms with Crippen molar-refractivity contribution in [3.63, 3.8) is 0 Å². The van der Waals surface area contributed by atoms with Crippen molar-refractivity contribution in [3.05, 3.63) is 78.6 Å². The number of imidazole rings is 1. The molecule has 0 radical (unpaired) electrons. The molecule has 1 saturated heterocycles. The van der Waals surface area contributed by atoms with Gasteiger partial charge in [0, 0.05) is 50.8 Å². The molecule has 132 valence electrons. The maximum Gasteiger partial charge on any atom is 0.272 e. The summed E-state index contributed by atoms with van der Waals surface area (Å²) in [6, 6.07) is 13.9. The molecule has 3 heterocycles. The Morgan fingerprint density at radius 3 is 2.38 bits per heavy atom. The highest BCUT2D eigenvalue weighted by atomic mass is 16.2. The largest absolute Gasteiger partial charge is 0.335 e. The second kappa shape index (κ2) is 7.49. The topological polar surface area (TPSA) is 54.3 Å². The molecular weight excluding hydrogens is 326 g/mol. The molecule has 0 N–H and O–H groups in total. The number of amides is 1. The van der Waals surface area contributed by atoms with Gasteiger partial charge in [-0.1, -0.05) is 18.2 Å². The van der Waals surface area contributed by atoms with E-state index in [1.807, 2.05) is 64.3 Å². The zero-order chi connectivity index (χ0) is 17.8. The Morgan fingerprint density at radius 1 is 0.923 bits per heavy atom. The summed E-state index contributed by atoms with van der Waals surface area (Å²) in [5, 5.41) is 0. The van der Waals surface area contributed by atoms with Gasteiger partial charge >= 0.3 is 0 Å². The third kappa shape index (κ3) is 3.50. The Bertz CT molecular complexity index is 854. The first kappa shape index (κ1) is 16.5. The number of aromatic nitrogens is 3. The summed E-state index contributed by atoms with van der Waals surface area (Å²) in [6.07, 6.45) is 6.99. The molecule has 1 amide bonds. The molecule has 2 aromatic heterocycles. The lowest BCUT2D eigenvalue weighted by Gasteiger charge is -2.34. The number of benzene rings is 1. The molecule has 1 aliphatic rings. The quantitative estimate of drug-likeness (QED) is 0.726. The minimum atomic E-state index is 0.0370. The van der Waals surface area contributed by atoms with Crippen LogP contribution in [0, 0.1) is 0 Å². The number of hydrogen-bond acceptors (Lipinski definition) is 4. The molecule has 6 nitrogen and oxygen atoms in total. The summed E-state index contributed by atoms with van der Waals surface area (Å²) >= 11 is 0. The SMILES string of the molecule is O=C(c1cncn1-c1ccccc1)N1CCN(Cc2ccncc2)CC1. The molecule has 0 spiro atoms. The van der Waals surface area contributed by atoms with Crippen LogP contribution in [0.15, 0.2) is 67.4 Å². The monoisotopic (exact) mass is 347 g/mol. The maximum atomic E-state index is 13.0. The zero-order valence-corrected chi connectivity index (χ0v) is 14.5. The minimum absolute atomic E-state index is 0.0370. The van der Waals surface area contributed by atoms with Crippen LogP contribution < -0.4 is 0 Å². The van der Waals surface area contributed by atoms with Gasteiger partial charge in [0.2, 0.25) is 0 Å². The molecule has 0 unspecified atom stereocenters. The highest BCUT2D eigenvalue weighted by Crippen LogP contribution is 2.15. The fraction of sp³-hybridized carbons (Fsp3) is 0.250. The summed E-state index contributed by atoms with van der Waals surface area (Å²) in [7, 11) is 0. The highest BCUT2D eigenvalue weighted by Gasteiger charge is 2.24. The van der Waals surface area contributed by atoms with Crippen LogP contribution in [0.2, 0.25) is 0 Å². The summed E-state index contributed by atoms with van der Waals surface area (Å²) in [5.41, 5.74) is 2.81. The lowest BCUT2D eigenvalue weighted by molar-refractivity contribution is 0.0620. The number of carbonyl (C=O) groups excluding carboxylic acids is 1. The molecule has 1 aromatic carbocycles. The van der Waals surface area contributed by atoms with Crippen molar-refractivity contribution in [2.45, 2.75) is 6.54 Å². The number of carbonyl (C=O) groups is 1. The molecule has 6 heteroatoms. The van der Waals surface area contributed by atoms with Gasteiger partial charge in [0.1, 0.15) is 5.69 Å². The predicted molar refractivity (Wildman–Crippen MR) is 99.0 cm³/mol. The molecule has 0 bridgehead atoms. The van der Waals surface area contributed by atoms with Crippen molar-refractivity contribution in [3.8, 4) is 5.69 Å². The van der Waals surface area contributed by atoms with E-state index in [-0.39, 0.29) is 5.91 Å². The van der Waals surface area contributed by atoms with E-state index in [1.165, 1.54) is 5.56 Å². The maximum absolute atomic E-state index is 13.0. The molecule has 1 fully saturated rings. The fourth-order valence-corrected chi connectivity index (χ4v) is 3.27. The van der Waals surface area contributed by atoms with Gasteiger partial charge in [-0.3, -0.25) is 19.2 Å². The minimum Gasteiger partial charge on any atom is -0.335 e. The number of hydrogen-bond donors (Lipinski definition) is 0. The van der Waals surface area contributed by atoms with Crippen LogP contribution in [0.25, 0.3) is 5.69 Å². The Hall–Kier alpha value is -2.99. The smallest absolute Gasteiger partial charge is 0.272 e. The van der Waals surface area contributed by atoms with Crippen LogP contribution >= 0.6 is 0 Å². The first-order chi connectivity index (χ1) is 12.8. The molecule has 4 rings (SSSR count). The standard InChI is InChI=1S/C20H21N5O/c26-20(19-14-22-16-25(19)18-4-2-1-3-5-18)24-12-10-23(11-13-24)15-17-6-8-21-9-7-17/h1-9,14,16H,10-13,15H2. The Kier molecular flexibility index (Phi) is 4.75. The summed E-state index contributed by atoms with van der Waals surface area (Å²) < 4.78 is 1.85. The molecular formula is C20H21N5O. The van der Waals surface area contributed by atoms with Gasteiger partial charge in [0.05, 0.1) is 12.5 Å². The van der Waals surface area contributed by atoms with Crippen LogP contribution in [0.1, 0.15) is 16.1 Å². The lowest BCUT2D eigenvalue weighted by atomic mass is 10.2. The predicted octanol–water partition coefficient (Wildman–Crippen LogP) is 2.23. The fourth-order valence-electron chi connectivity index (χ4n) is 3.27. The second-order valence-corrected chi connectivity index (χ2v) is 6.41. The zero-order valence-electron chi connectivity index (χ0n) is 14.5. The van der Waals surface area contributed by atoms with E-state index in [4.69, 9.17) is 0 Å². The van der Waals surface area contributed by atoms with Gasteiger partial charge in [0.25, 0.3) is 5.91 Å². The molecule has 0 saturated carbocycles. The Balaban J connectivity index is 1.41. The summed E-state index contributed by atoms with van der Waals surface area (Å²) in [4.78, 5) is 25.5. The van der Waals surface area contributed by atoms with Gasteiger partial charge in [-0.05, 0) is 29.8 Å². The van der Waals surface area contributed by atoms with Crippen molar-refractivity contribution >= 4 is 5.91 Å². The average Bonchev–Trinajstić information content (AvgIpc) is 3.19. The van der Waals surface area contributed by atoms with Crippen LogP contribution in [-0.4, -0.2) is 56.4 Å². The molecule has 0 aliphatic carbocycles. The van der Waals surface area contributed by atoms with Crippen LogP contribution in [0.5, 0.6) is 0 Å². The van der Waals surface area contributed by atoms with Crippen molar-refractivity contribution < 1.29 is 4.79 Å². The van der Waals surface area contributed by atoms with Crippen LogP contribution in [-0.2, 0) is 6.54 Å². The third-order valence-corrected chi connectivity index (χ3v) is 4.71. The van der Waals surface area contributed by atoms with Gasteiger partial charge in [0.15, 0.2) is 0 Å². The number of pyridine rings is 1. The molecule has 26 heavy (non-hydrogen) atoms. The number of piperazine rings is 1. The van der Waals surface area contributed by atoms with Crippen molar-refractivity contribution in [2.75, 3.05) is 26.2 Å². The van der Waals surface area contributed by atoms with Gasteiger partial charge in [-0.2, -0.15) is 0 Å². The summed E-state index contributed by atoms with van der Waals surface area (Å²) in [5.74, 6) is 0.0370. The van der Waals surface area contributed by atoms with Crippen LogP contribution in [0.4, 0.5) is 0 Å². The van der Waals surface area contributed by atoms with Crippen molar-refractivity contribution in [1.82, 2.24) is 24.3 Å². The van der Waals surface area contributed by atoms with E-state index >= 15 is 0 Å². The summed E-state index contributed by atoms with van der Waals surface area (Å²) in [6.45, 7) is 4.08. The van der Waals surface area contributed by atoms with Gasteiger partial charge < -0.3 is 4.90 Å². The lowest BCUT2D eigenvalue weighted by Crippen LogP contribution is -2.48. The van der Waals surface area contributed by atoms with E-state index < -0.39 is 0 Å². The average molecular weight is 347 g/mol. The Morgan fingerprint density at radius 2 is 1.65 bits per heavy atom. The van der Waals surface area contributed by atoms with E-state index in [0.717, 1.165) is 38.4 Å². The van der Waals surface area contributed by atoms with E-state index in [1.54, 1.807) is 12.5 Å². The molecule has 1 aliphatic heterocycles. The first-order valence-electron chi connectivity index (χ1n) is 8.79. The first-order valence-corrected chi connectivity index (χ1v) is 8.79. The van der Waals surface area contributed by atoms with E-state index in [2.05, 4.69) is 14.9 Å². The number of para-hydroxylation sites is 1. The second-order valence-electron chi connectivity index (χ2n) is 6.41. The van der Waals surface area contributed by atoms with Gasteiger partial charge in [-0.25, -0.2) is 4.98 Å². The third-order valence-electron chi connectivity index (χ3n) is 4.71. The van der Waals surface area contributed by atoms with Crippen molar-refractivity contribution in [1.29, 1.82) is 0 Å². The van der Waals surface area contributed by atoms with E-state index in [9.17, 15) is 4.79 Å². The Labute approximate surface area is 152 Å². The molecule has 3 aromatic rings. The number of rotatable bonds is 4. The van der Waals surface area contributed by atoms with Crippen LogP contribution in [0.3, 0.4) is 0 Å². The van der Waals surface area contributed by atoms with Gasteiger partial charge in [-0.15, -0.1) is 0 Å². The molecule has 0 atom stereocenters.